The number of ether oxygens (including phenoxy) is 1. The summed E-state index contributed by atoms with van der Waals surface area (Å²) in [5, 5.41) is 6.53. The van der Waals surface area contributed by atoms with Crippen molar-refractivity contribution >= 4 is 34.4 Å². The quantitative estimate of drug-likeness (QED) is 0.638. The summed E-state index contributed by atoms with van der Waals surface area (Å²) >= 11 is 2.90. The first kappa shape index (κ1) is 17.4. The van der Waals surface area contributed by atoms with E-state index in [1.807, 2.05) is 54.1 Å². The van der Waals surface area contributed by atoms with Crippen molar-refractivity contribution in [3.05, 3.63) is 74.1 Å². The Kier molecular flexibility index (Phi) is 5.63. The predicted molar refractivity (Wildman–Crippen MR) is 101 cm³/mol. The van der Waals surface area contributed by atoms with Gasteiger partial charge in [0.1, 0.15) is 5.75 Å². The van der Waals surface area contributed by atoms with E-state index in [1.54, 1.807) is 6.07 Å². The van der Waals surface area contributed by atoms with Crippen LogP contribution < -0.4 is 10.1 Å². The average molecular weight is 371 g/mol. The standard InChI is InChI=1S/C19H17NO3S2/c1-13-3-2-4-15(9-13)23-11-18(21)20-10-16-5-6-17(25-16)19(22)14-7-8-24-12-14/h2-9,12H,10-11H2,1H3,(H,20,21). The number of carbonyl (C=O) groups excluding carboxylic acids is 2. The Balaban J connectivity index is 1.48. The molecule has 25 heavy (non-hydrogen) atoms. The summed E-state index contributed by atoms with van der Waals surface area (Å²) in [6, 6.07) is 13.0. The summed E-state index contributed by atoms with van der Waals surface area (Å²) in [6.07, 6.45) is 0. The van der Waals surface area contributed by atoms with Gasteiger partial charge in [0.2, 0.25) is 5.78 Å². The molecular weight excluding hydrogens is 354 g/mol. The molecule has 2 heterocycles. The minimum atomic E-state index is -0.194. The first-order chi connectivity index (χ1) is 12.1. The maximum atomic E-state index is 12.3. The lowest BCUT2D eigenvalue weighted by Crippen LogP contribution is -2.28. The SMILES string of the molecule is Cc1cccc(OCC(=O)NCc2ccc(C(=O)c3ccsc3)s2)c1. The van der Waals surface area contributed by atoms with Crippen LogP contribution in [-0.2, 0) is 11.3 Å². The van der Waals surface area contributed by atoms with Crippen LogP contribution in [0.3, 0.4) is 0 Å². The third-order valence-corrected chi connectivity index (χ3v) is 5.26. The van der Waals surface area contributed by atoms with Gasteiger partial charge in [-0.05, 0) is 48.2 Å². The van der Waals surface area contributed by atoms with Gasteiger partial charge >= 0.3 is 0 Å². The van der Waals surface area contributed by atoms with Crippen LogP contribution in [0.5, 0.6) is 5.75 Å². The molecule has 2 aromatic heterocycles. The van der Waals surface area contributed by atoms with Crippen LogP contribution in [0.2, 0.25) is 0 Å². The molecule has 0 unspecified atom stereocenters. The molecule has 0 fully saturated rings. The lowest BCUT2D eigenvalue weighted by Gasteiger charge is -2.07. The number of thiophene rings is 2. The number of benzene rings is 1. The largest absolute Gasteiger partial charge is 0.484 e. The first-order valence-electron chi connectivity index (χ1n) is 7.73. The van der Waals surface area contributed by atoms with Crippen molar-refractivity contribution in [1.29, 1.82) is 0 Å². The number of amides is 1. The van der Waals surface area contributed by atoms with Crippen molar-refractivity contribution in [3.8, 4) is 5.75 Å². The molecule has 0 bridgehead atoms. The van der Waals surface area contributed by atoms with Crippen molar-refractivity contribution < 1.29 is 14.3 Å². The van der Waals surface area contributed by atoms with Gasteiger partial charge in [0, 0.05) is 15.8 Å². The number of carbonyl (C=O) groups is 2. The van der Waals surface area contributed by atoms with Gasteiger partial charge < -0.3 is 10.1 Å². The third-order valence-electron chi connectivity index (χ3n) is 3.49. The highest BCUT2D eigenvalue weighted by Gasteiger charge is 2.12. The molecule has 0 spiro atoms. The fourth-order valence-corrected chi connectivity index (χ4v) is 3.77. The molecule has 0 aliphatic carbocycles. The fraction of sp³-hybridized carbons (Fsp3) is 0.158. The zero-order chi connectivity index (χ0) is 17.6. The first-order valence-corrected chi connectivity index (χ1v) is 9.49. The van der Waals surface area contributed by atoms with Gasteiger partial charge in [0.15, 0.2) is 6.61 Å². The van der Waals surface area contributed by atoms with Gasteiger partial charge in [-0.15, -0.1) is 11.3 Å². The van der Waals surface area contributed by atoms with Crippen molar-refractivity contribution in [1.82, 2.24) is 5.32 Å². The fourth-order valence-electron chi connectivity index (χ4n) is 2.22. The highest BCUT2D eigenvalue weighted by atomic mass is 32.1. The predicted octanol–water partition coefficient (Wildman–Crippen LogP) is 4.04. The molecule has 0 aliphatic rings. The molecule has 0 atom stereocenters. The highest BCUT2D eigenvalue weighted by Crippen LogP contribution is 2.21. The van der Waals surface area contributed by atoms with Gasteiger partial charge in [-0.3, -0.25) is 9.59 Å². The summed E-state index contributed by atoms with van der Waals surface area (Å²) in [4.78, 5) is 25.8. The average Bonchev–Trinajstić information content (AvgIpc) is 3.29. The van der Waals surface area contributed by atoms with E-state index in [4.69, 9.17) is 4.74 Å². The molecule has 0 saturated heterocycles. The van der Waals surface area contributed by atoms with Gasteiger partial charge in [-0.1, -0.05) is 12.1 Å². The number of aryl methyl sites for hydroxylation is 1. The summed E-state index contributed by atoms with van der Waals surface area (Å²) < 4.78 is 5.47. The van der Waals surface area contributed by atoms with Crippen LogP contribution in [0.4, 0.5) is 0 Å². The summed E-state index contributed by atoms with van der Waals surface area (Å²) in [5.74, 6) is 0.502. The third kappa shape index (κ3) is 4.78. The minimum Gasteiger partial charge on any atom is -0.484 e. The lowest BCUT2D eigenvalue weighted by atomic mass is 10.2. The molecule has 3 rings (SSSR count). The Morgan fingerprint density at radius 1 is 1.16 bits per heavy atom. The maximum absolute atomic E-state index is 12.3. The van der Waals surface area contributed by atoms with Crippen molar-refractivity contribution in [3.63, 3.8) is 0 Å². The highest BCUT2D eigenvalue weighted by molar-refractivity contribution is 7.14. The van der Waals surface area contributed by atoms with Crippen LogP contribution in [0.15, 0.2) is 53.2 Å². The second kappa shape index (κ2) is 8.09. The van der Waals surface area contributed by atoms with Crippen molar-refractivity contribution in [2.45, 2.75) is 13.5 Å². The second-order valence-electron chi connectivity index (χ2n) is 5.49. The van der Waals surface area contributed by atoms with E-state index >= 15 is 0 Å². The van der Waals surface area contributed by atoms with Crippen LogP contribution in [0, 0.1) is 6.92 Å². The second-order valence-corrected chi connectivity index (χ2v) is 7.44. The number of nitrogens with one attached hydrogen (secondary N) is 1. The number of hydrogen-bond acceptors (Lipinski definition) is 5. The molecule has 1 aromatic carbocycles. The van der Waals surface area contributed by atoms with Crippen molar-refractivity contribution in [2.24, 2.45) is 0 Å². The van der Waals surface area contributed by atoms with E-state index in [9.17, 15) is 9.59 Å². The Hall–Kier alpha value is -2.44. The van der Waals surface area contributed by atoms with Gasteiger partial charge in [0.25, 0.3) is 5.91 Å². The van der Waals surface area contributed by atoms with Crippen LogP contribution in [0.25, 0.3) is 0 Å². The molecule has 3 aromatic rings. The van der Waals surface area contributed by atoms with Crippen LogP contribution in [0.1, 0.15) is 25.7 Å². The molecule has 4 nitrogen and oxygen atoms in total. The number of ketones is 1. The van der Waals surface area contributed by atoms with E-state index in [1.165, 1.54) is 22.7 Å². The molecule has 0 aliphatic heterocycles. The number of hydrogen-bond donors (Lipinski definition) is 1. The van der Waals surface area contributed by atoms with E-state index in [2.05, 4.69) is 5.32 Å². The van der Waals surface area contributed by atoms with E-state index in [0.29, 0.717) is 22.7 Å². The van der Waals surface area contributed by atoms with Gasteiger partial charge in [-0.2, -0.15) is 11.3 Å². The van der Waals surface area contributed by atoms with Crippen molar-refractivity contribution in [2.75, 3.05) is 6.61 Å². The Labute approximate surface area is 154 Å². The zero-order valence-electron chi connectivity index (χ0n) is 13.7. The molecular formula is C19H17NO3S2. The van der Waals surface area contributed by atoms with Gasteiger partial charge in [-0.25, -0.2) is 0 Å². The molecule has 0 saturated carbocycles. The molecule has 6 heteroatoms. The lowest BCUT2D eigenvalue weighted by molar-refractivity contribution is -0.123. The van der Waals surface area contributed by atoms with E-state index in [0.717, 1.165) is 10.4 Å². The summed E-state index contributed by atoms with van der Waals surface area (Å²) in [7, 11) is 0. The molecule has 0 radical (unpaired) electrons. The monoisotopic (exact) mass is 371 g/mol. The summed E-state index contributed by atoms with van der Waals surface area (Å²) in [5.41, 5.74) is 1.79. The topological polar surface area (TPSA) is 55.4 Å². The minimum absolute atomic E-state index is 0.0200. The molecule has 128 valence electrons. The normalized spacial score (nSPS) is 10.4. The Morgan fingerprint density at radius 3 is 2.80 bits per heavy atom. The smallest absolute Gasteiger partial charge is 0.258 e. The van der Waals surface area contributed by atoms with Crippen LogP contribution in [-0.4, -0.2) is 18.3 Å². The van der Waals surface area contributed by atoms with E-state index < -0.39 is 0 Å². The number of rotatable bonds is 7. The van der Waals surface area contributed by atoms with Crippen LogP contribution >= 0.6 is 22.7 Å². The molecule has 1 amide bonds. The Morgan fingerprint density at radius 2 is 2.04 bits per heavy atom. The Bertz CT molecular complexity index is 868. The molecule has 1 N–H and O–H groups in total. The maximum Gasteiger partial charge on any atom is 0.258 e. The van der Waals surface area contributed by atoms with E-state index in [-0.39, 0.29) is 18.3 Å². The summed E-state index contributed by atoms with van der Waals surface area (Å²) in [6.45, 7) is 2.33. The van der Waals surface area contributed by atoms with Gasteiger partial charge in [0.05, 0.1) is 11.4 Å². The zero-order valence-corrected chi connectivity index (χ0v) is 15.3.